The van der Waals surface area contributed by atoms with Gasteiger partial charge in [-0.25, -0.2) is 4.39 Å². The van der Waals surface area contributed by atoms with E-state index in [-0.39, 0.29) is 29.5 Å². The summed E-state index contributed by atoms with van der Waals surface area (Å²) in [6.45, 7) is 5.54. The Morgan fingerprint density at radius 2 is 1.43 bits per heavy atom. The van der Waals surface area contributed by atoms with Crippen molar-refractivity contribution in [2.75, 3.05) is 0 Å². The molecule has 120 valence electrons. The Bertz CT molecular complexity index is 690. The highest BCUT2D eigenvalue weighted by molar-refractivity contribution is 5.95. The minimum Gasteiger partial charge on any atom is -0.345 e. The third-order valence-electron chi connectivity index (χ3n) is 3.74. The summed E-state index contributed by atoms with van der Waals surface area (Å²) >= 11 is 0. The summed E-state index contributed by atoms with van der Waals surface area (Å²) in [5, 5.41) is 2.97. The Kier molecular flexibility index (Phi) is 5.27. The second-order valence-electron chi connectivity index (χ2n) is 5.88. The standard InChI is InChI=1S/C19H20FNO2/c1-12(2)18(15-6-4-14(5-7-15)13(3)22)21-19(23)16-8-10-17(20)11-9-16/h4-12,18H,1-3H3,(H,21,23). The monoisotopic (exact) mass is 313 g/mol. The first-order valence-corrected chi connectivity index (χ1v) is 7.56. The van der Waals surface area contributed by atoms with Gasteiger partial charge in [0, 0.05) is 11.1 Å². The molecular formula is C19H20FNO2. The van der Waals surface area contributed by atoms with Gasteiger partial charge in [0.2, 0.25) is 0 Å². The summed E-state index contributed by atoms with van der Waals surface area (Å²) in [6.07, 6.45) is 0. The molecule has 0 heterocycles. The molecular weight excluding hydrogens is 293 g/mol. The smallest absolute Gasteiger partial charge is 0.251 e. The van der Waals surface area contributed by atoms with Crippen LogP contribution in [0.4, 0.5) is 4.39 Å². The van der Waals surface area contributed by atoms with Crippen molar-refractivity contribution >= 4 is 11.7 Å². The Morgan fingerprint density at radius 1 is 0.913 bits per heavy atom. The van der Waals surface area contributed by atoms with Crippen LogP contribution in [0.5, 0.6) is 0 Å². The summed E-state index contributed by atoms with van der Waals surface area (Å²) in [5.41, 5.74) is 1.99. The van der Waals surface area contributed by atoms with Crippen molar-refractivity contribution in [3.63, 3.8) is 0 Å². The average molecular weight is 313 g/mol. The maximum Gasteiger partial charge on any atom is 0.251 e. The van der Waals surface area contributed by atoms with Crippen molar-refractivity contribution < 1.29 is 14.0 Å². The summed E-state index contributed by atoms with van der Waals surface area (Å²) in [4.78, 5) is 23.7. The van der Waals surface area contributed by atoms with Crippen LogP contribution in [0.15, 0.2) is 48.5 Å². The summed E-state index contributed by atoms with van der Waals surface area (Å²) in [6, 6.07) is 12.5. The van der Waals surface area contributed by atoms with Gasteiger partial charge in [-0.1, -0.05) is 38.1 Å². The van der Waals surface area contributed by atoms with Gasteiger partial charge in [0.25, 0.3) is 5.91 Å². The van der Waals surface area contributed by atoms with E-state index < -0.39 is 0 Å². The van der Waals surface area contributed by atoms with Crippen LogP contribution in [-0.2, 0) is 0 Å². The van der Waals surface area contributed by atoms with Gasteiger partial charge in [-0.15, -0.1) is 0 Å². The van der Waals surface area contributed by atoms with Crippen molar-refractivity contribution in [2.24, 2.45) is 5.92 Å². The zero-order valence-electron chi connectivity index (χ0n) is 13.5. The van der Waals surface area contributed by atoms with E-state index in [0.29, 0.717) is 11.1 Å². The molecule has 0 saturated heterocycles. The van der Waals surface area contributed by atoms with Gasteiger partial charge in [0.15, 0.2) is 5.78 Å². The van der Waals surface area contributed by atoms with Crippen LogP contribution in [0.3, 0.4) is 0 Å². The van der Waals surface area contributed by atoms with Crippen LogP contribution in [0.25, 0.3) is 0 Å². The average Bonchev–Trinajstić information content (AvgIpc) is 2.53. The van der Waals surface area contributed by atoms with Crippen molar-refractivity contribution in [3.8, 4) is 0 Å². The van der Waals surface area contributed by atoms with Gasteiger partial charge >= 0.3 is 0 Å². The fourth-order valence-corrected chi connectivity index (χ4v) is 2.39. The zero-order chi connectivity index (χ0) is 17.0. The Labute approximate surface area is 135 Å². The number of hydrogen-bond acceptors (Lipinski definition) is 2. The number of benzene rings is 2. The number of hydrogen-bond donors (Lipinski definition) is 1. The second kappa shape index (κ2) is 7.18. The molecule has 0 saturated carbocycles. The van der Waals surface area contributed by atoms with E-state index >= 15 is 0 Å². The Hall–Kier alpha value is -2.49. The number of carbonyl (C=O) groups excluding carboxylic acids is 2. The first-order chi connectivity index (χ1) is 10.9. The van der Waals surface area contributed by atoms with Crippen molar-refractivity contribution in [2.45, 2.75) is 26.8 Å². The number of ketones is 1. The van der Waals surface area contributed by atoms with Gasteiger partial charge in [-0.3, -0.25) is 9.59 Å². The SMILES string of the molecule is CC(=O)c1ccc(C(NC(=O)c2ccc(F)cc2)C(C)C)cc1. The third kappa shape index (κ3) is 4.25. The molecule has 1 atom stereocenters. The third-order valence-corrected chi connectivity index (χ3v) is 3.74. The molecule has 2 rings (SSSR count). The van der Waals surface area contributed by atoms with E-state index in [1.807, 2.05) is 26.0 Å². The lowest BCUT2D eigenvalue weighted by molar-refractivity contribution is 0.0924. The van der Waals surface area contributed by atoms with Crippen molar-refractivity contribution in [1.82, 2.24) is 5.32 Å². The molecule has 2 aromatic carbocycles. The molecule has 0 aromatic heterocycles. The van der Waals surface area contributed by atoms with Gasteiger partial charge in [0.1, 0.15) is 5.82 Å². The molecule has 0 fully saturated rings. The highest BCUT2D eigenvalue weighted by atomic mass is 19.1. The van der Waals surface area contributed by atoms with Gasteiger partial charge in [-0.2, -0.15) is 0 Å². The van der Waals surface area contributed by atoms with Crippen LogP contribution >= 0.6 is 0 Å². The molecule has 0 aliphatic rings. The molecule has 23 heavy (non-hydrogen) atoms. The number of Topliss-reactive ketones (excluding diaryl/α,β-unsaturated/α-hetero) is 1. The number of nitrogens with one attached hydrogen (secondary N) is 1. The lowest BCUT2D eigenvalue weighted by Crippen LogP contribution is -2.31. The second-order valence-corrected chi connectivity index (χ2v) is 5.88. The topological polar surface area (TPSA) is 46.2 Å². The van der Waals surface area contributed by atoms with Crippen LogP contribution < -0.4 is 5.32 Å². The first-order valence-electron chi connectivity index (χ1n) is 7.56. The van der Waals surface area contributed by atoms with Crippen LogP contribution in [0.2, 0.25) is 0 Å². The van der Waals surface area contributed by atoms with Gasteiger partial charge in [-0.05, 0) is 42.7 Å². The fraction of sp³-hybridized carbons (Fsp3) is 0.263. The summed E-state index contributed by atoms with van der Waals surface area (Å²) in [7, 11) is 0. The summed E-state index contributed by atoms with van der Waals surface area (Å²) < 4.78 is 12.9. The molecule has 2 aromatic rings. The molecule has 1 amide bonds. The molecule has 3 nitrogen and oxygen atoms in total. The first kappa shape index (κ1) is 16.9. The molecule has 0 aliphatic carbocycles. The van der Waals surface area contributed by atoms with E-state index in [9.17, 15) is 14.0 Å². The predicted octanol–water partition coefficient (Wildman–Crippen LogP) is 4.16. The lowest BCUT2D eigenvalue weighted by Gasteiger charge is -2.23. The Balaban J connectivity index is 2.19. The Morgan fingerprint density at radius 3 is 1.91 bits per heavy atom. The molecule has 0 bridgehead atoms. The molecule has 0 radical (unpaired) electrons. The van der Waals surface area contributed by atoms with E-state index in [4.69, 9.17) is 0 Å². The minimum atomic E-state index is -0.373. The lowest BCUT2D eigenvalue weighted by atomic mass is 9.94. The normalized spacial score (nSPS) is 12.0. The molecule has 0 spiro atoms. The van der Waals surface area contributed by atoms with E-state index in [1.165, 1.54) is 31.2 Å². The maximum absolute atomic E-state index is 12.9. The largest absolute Gasteiger partial charge is 0.345 e. The minimum absolute atomic E-state index is 0.00740. The maximum atomic E-state index is 12.9. The van der Waals surface area contributed by atoms with Gasteiger partial charge < -0.3 is 5.32 Å². The van der Waals surface area contributed by atoms with E-state index in [2.05, 4.69) is 5.32 Å². The highest BCUT2D eigenvalue weighted by Crippen LogP contribution is 2.23. The van der Waals surface area contributed by atoms with E-state index in [0.717, 1.165) is 5.56 Å². The molecule has 1 unspecified atom stereocenters. The van der Waals surface area contributed by atoms with E-state index in [1.54, 1.807) is 12.1 Å². The number of carbonyl (C=O) groups is 2. The zero-order valence-corrected chi connectivity index (χ0v) is 13.5. The number of amides is 1. The van der Waals surface area contributed by atoms with Crippen molar-refractivity contribution in [1.29, 1.82) is 0 Å². The number of halogens is 1. The summed E-state index contributed by atoms with van der Waals surface area (Å²) in [5.74, 6) is -0.448. The molecule has 1 N–H and O–H groups in total. The molecule has 0 aliphatic heterocycles. The van der Waals surface area contributed by atoms with Crippen LogP contribution in [-0.4, -0.2) is 11.7 Å². The fourth-order valence-electron chi connectivity index (χ4n) is 2.39. The van der Waals surface area contributed by atoms with Crippen LogP contribution in [0.1, 0.15) is 53.1 Å². The highest BCUT2D eigenvalue weighted by Gasteiger charge is 2.19. The predicted molar refractivity (Wildman–Crippen MR) is 87.9 cm³/mol. The van der Waals surface area contributed by atoms with Crippen LogP contribution in [0, 0.1) is 11.7 Å². The van der Waals surface area contributed by atoms with Crippen molar-refractivity contribution in [3.05, 3.63) is 71.0 Å². The molecule has 4 heteroatoms. The number of rotatable bonds is 5. The quantitative estimate of drug-likeness (QED) is 0.843. The van der Waals surface area contributed by atoms with Gasteiger partial charge in [0.05, 0.1) is 6.04 Å².